The number of nitrogens with zero attached hydrogens (tertiary/aromatic N) is 1. The Bertz CT molecular complexity index is 319. The van der Waals surface area contributed by atoms with Crippen molar-refractivity contribution in [1.82, 2.24) is 4.98 Å². The molecule has 0 aromatic carbocycles. The van der Waals surface area contributed by atoms with Crippen LogP contribution in [0.5, 0.6) is 0 Å². The second kappa shape index (κ2) is 4.06. The van der Waals surface area contributed by atoms with Crippen LogP contribution in [0.2, 0.25) is 0 Å². The monoisotopic (exact) mass is 175 g/mol. The maximum Gasteiger partial charge on any atom is 0.122 e. The lowest BCUT2D eigenvalue weighted by molar-refractivity contribution is 0.118. The van der Waals surface area contributed by atoms with E-state index < -0.39 is 5.60 Å². The van der Waals surface area contributed by atoms with E-state index in [9.17, 15) is 5.11 Å². The van der Waals surface area contributed by atoms with Crippen molar-refractivity contribution in [3.8, 4) is 11.8 Å². The number of hydrogen-bond acceptors (Lipinski definition) is 2. The lowest BCUT2D eigenvalue weighted by Gasteiger charge is -2.11. The highest BCUT2D eigenvalue weighted by Gasteiger charge is 2.11. The smallest absolute Gasteiger partial charge is 0.122 e. The second-order valence-electron chi connectivity index (χ2n) is 3.12. The Morgan fingerprint density at radius 1 is 1.62 bits per heavy atom. The van der Waals surface area contributed by atoms with Crippen LogP contribution in [0.15, 0.2) is 24.5 Å². The van der Waals surface area contributed by atoms with E-state index in [1.54, 1.807) is 19.3 Å². The number of rotatable bonds is 1. The fourth-order valence-electron chi connectivity index (χ4n) is 0.732. The van der Waals surface area contributed by atoms with E-state index >= 15 is 0 Å². The van der Waals surface area contributed by atoms with Crippen LogP contribution in [0.3, 0.4) is 0 Å². The molecule has 1 rings (SSSR count). The van der Waals surface area contributed by atoms with Crippen molar-refractivity contribution >= 4 is 0 Å². The van der Waals surface area contributed by atoms with Crippen LogP contribution in [-0.2, 0) is 0 Å². The van der Waals surface area contributed by atoms with Crippen molar-refractivity contribution < 1.29 is 5.11 Å². The first-order chi connectivity index (χ1) is 6.14. The number of aliphatic hydroxyl groups is 1. The van der Waals surface area contributed by atoms with Gasteiger partial charge in [-0.05, 0) is 25.5 Å². The van der Waals surface area contributed by atoms with Crippen LogP contribution in [0.25, 0.3) is 0 Å². The first-order valence-corrected chi connectivity index (χ1v) is 4.29. The fraction of sp³-hybridized carbons (Fsp3) is 0.364. The van der Waals surface area contributed by atoms with Gasteiger partial charge in [-0.25, -0.2) is 0 Å². The molecule has 0 amide bonds. The van der Waals surface area contributed by atoms with Crippen LogP contribution >= 0.6 is 0 Å². The van der Waals surface area contributed by atoms with E-state index in [2.05, 4.69) is 16.8 Å². The molecule has 1 aromatic heterocycles. The van der Waals surface area contributed by atoms with Gasteiger partial charge in [-0.3, -0.25) is 4.98 Å². The van der Waals surface area contributed by atoms with Crippen molar-refractivity contribution in [2.24, 2.45) is 0 Å². The highest BCUT2D eigenvalue weighted by Crippen LogP contribution is 2.06. The Kier molecular flexibility index (Phi) is 3.05. The predicted octanol–water partition coefficient (Wildman–Crippen LogP) is 1.59. The molecule has 0 saturated heterocycles. The van der Waals surface area contributed by atoms with Gasteiger partial charge in [-0.1, -0.05) is 18.8 Å². The van der Waals surface area contributed by atoms with Gasteiger partial charge in [0.1, 0.15) is 5.60 Å². The van der Waals surface area contributed by atoms with Gasteiger partial charge in [0.2, 0.25) is 0 Å². The Morgan fingerprint density at radius 3 is 2.92 bits per heavy atom. The largest absolute Gasteiger partial charge is 0.378 e. The first-order valence-electron chi connectivity index (χ1n) is 4.29. The quantitative estimate of drug-likeness (QED) is 0.657. The van der Waals surface area contributed by atoms with Crippen LogP contribution in [0.1, 0.15) is 25.8 Å². The van der Waals surface area contributed by atoms with Crippen molar-refractivity contribution in [3.05, 3.63) is 30.1 Å². The van der Waals surface area contributed by atoms with E-state index in [1.165, 1.54) is 0 Å². The van der Waals surface area contributed by atoms with E-state index in [0.717, 1.165) is 5.56 Å². The maximum absolute atomic E-state index is 9.59. The third kappa shape index (κ3) is 3.27. The predicted molar refractivity (Wildman–Crippen MR) is 52.0 cm³/mol. The normalized spacial score (nSPS) is 14.1. The minimum Gasteiger partial charge on any atom is -0.378 e. The molecule has 0 fully saturated rings. The molecule has 0 aliphatic carbocycles. The molecule has 0 aliphatic heterocycles. The average molecular weight is 175 g/mol. The van der Waals surface area contributed by atoms with Crippen LogP contribution in [0.4, 0.5) is 0 Å². The Hall–Kier alpha value is -1.33. The molecule has 1 heterocycles. The number of pyridine rings is 1. The van der Waals surface area contributed by atoms with E-state index in [-0.39, 0.29) is 0 Å². The van der Waals surface area contributed by atoms with E-state index in [4.69, 9.17) is 0 Å². The van der Waals surface area contributed by atoms with Crippen molar-refractivity contribution in [3.63, 3.8) is 0 Å². The molecule has 1 aromatic rings. The van der Waals surface area contributed by atoms with Gasteiger partial charge in [0, 0.05) is 18.0 Å². The topological polar surface area (TPSA) is 33.1 Å². The Balaban J connectivity index is 2.79. The molecule has 0 saturated carbocycles. The third-order valence-electron chi connectivity index (χ3n) is 1.83. The van der Waals surface area contributed by atoms with Gasteiger partial charge in [0.25, 0.3) is 0 Å². The molecule has 0 aliphatic rings. The average Bonchev–Trinajstić information content (AvgIpc) is 2.17. The molecule has 2 heteroatoms. The summed E-state index contributed by atoms with van der Waals surface area (Å²) in [5.41, 5.74) is -0.0632. The summed E-state index contributed by atoms with van der Waals surface area (Å²) in [4.78, 5) is 3.93. The standard InChI is InChI=1S/C11H13NO/c1-3-11(2,13)7-6-10-5-4-8-12-9-10/h4-5,8-9,13H,3H2,1-2H3. The molecule has 1 N–H and O–H groups in total. The molecule has 68 valence electrons. The van der Waals surface area contributed by atoms with Gasteiger partial charge < -0.3 is 5.11 Å². The Labute approximate surface area is 78.6 Å². The molecule has 1 unspecified atom stereocenters. The molecule has 0 radical (unpaired) electrons. The summed E-state index contributed by atoms with van der Waals surface area (Å²) in [6.07, 6.45) is 4.00. The van der Waals surface area contributed by atoms with Gasteiger partial charge in [0.15, 0.2) is 0 Å². The molecular weight excluding hydrogens is 162 g/mol. The summed E-state index contributed by atoms with van der Waals surface area (Å²) in [6.45, 7) is 3.61. The van der Waals surface area contributed by atoms with Crippen molar-refractivity contribution in [1.29, 1.82) is 0 Å². The molecular formula is C11H13NO. The Morgan fingerprint density at radius 2 is 2.38 bits per heavy atom. The van der Waals surface area contributed by atoms with Gasteiger partial charge >= 0.3 is 0 Å². The summed E-state index contributed by atoms with van der Waals surface area (Å²) >= 11 is 0. The minimum atomic E-state index is -0.893. The molecule has 0 spiro atoms. The fourth-order valence-corrected chi connectivity index (χ4v) is 0.732. The summed E-state index contributed by atoms with van der Waals surface area (Å²) in [5, 5.41) is 9.59. The zero-order valence-electron chi connectivity index (χ0n) is 7.91. The van der Waals surface area contributed by atoms with Gasteiger partial charge in [-0.15, -0.1) is 0 Å². The van der Waals surface area contributed by atoms with Crippen LogP contribution in [0, 0.1) is 11.8 Å². The van der Waals surface area contributed by atoms with Crippen LogP contribution in [-0.4, -0.2) is 15.7 Å². The third-order valence-corrected chi connectivity index (χ3v) is 1.83. The maximum atomic E-state index is 9.59. The highest BCUT2D eigenvalue weighted by atomic mass is 16.3. The van der Waals surface area contributed by atoms with Gasteiger partial charge in [-0.2, -0.15) is 0 Å². The van der Waals surface area contributed by atoms with Crippen molar-refractivity contribution in [2.75, 3.05) is 0 Å². The van der Waals surface area contributed by atoms with E-state index in [1.807, 2.05) is 19.1 Å². The lowest BCUT2D eigenvalue weighted by atomic mass is 10.0. The summed E-state index contributed by atoms with van der Waals surface area (Å²) in [5.74, 6) is 5.66. The zero-order chi connectivity index (χ0) is 9.73. The molecule has 1 atom stereocenters. The first kappa shape index (κ1) is 9.76. The van der Waals surface area contributed by atoms with Gasteiger partial charge in [0.05, 0.1) is 0 Å². The minimum absolute atomic E-state index is 0.625. The number of aromatic nitrogens is 1. The second-order valence-corrected chi connectivity index (χ2v) is 3.12. The van der Waals surface area contributed by atoms with E-state index in [0.29, 0.717) is 6.42 Å². The lowest BCUT2D eigenvalue weighted by Crippen LogP contribution is -2.19. The van der Waals surface area contributed by atoms with Crippen LogP contribution < -0.4 is 0 Å². The summed E-state index contributed by atoms with van der Waals surface area (Å²) < 4.78 is 0. The number of hydrogen-bond donors (Lipinski definition) is 1. The highest BCUT2D eigenvalue weighted by molar-refractivity contribution is 5.33. The summed E-state index contributed by atoms with van der Waals surface area (Å²) in [6, 6.07) is 3.69. The zero-order valence-corrected chi connectivity index (χ0v) is 7.91. The summed E-state index contributed by atoms with van der Waals surface area (Å²) in [7, 11) is 0. The molecule has 2 nitrogen and oxygen atoms in total. The molecule has 13 heavy (non-hydrogen) atoms. The molecule has 0 bridgehead atoms. The van der Waals surface area contributed by atoms with Crippen molar-refractivity contribution in [2.45, 2.75) is 25.9 Å². The SMILES string of the molecule is CCC(C)(O)C#Cc1cccnc1.